The molecule has 1 fully saturated rings. The topological polar surface area (TPSA) is 32.3 Å². The van der Waals surface area contributed by atoms with Crippen LogP contribution in [0.5, 0.6) is 0 Å². The predicted molar refractivity (Wildman–Crippen MR) is 71.3 cm³/mol. The lowest BCUT2D eigenvalue weighted by Crippen LogP contribution is -2.51. The maximum Gasteiger partial charge on any atom is 0.228 e. The molecule has 3 nitrogen and oxygen atoms in total. The van der Waals surface area contributed by atoms with E-state index in [4.69, 9.17) is 0 Å². The van der Waals surface area contributed by atoms with Gasteiger partial charge < -0.3 is 10.2 Å². The Hall–Kier alpha value is -0.870. The highest BCUT2D eigenvalue weighted by Gasteiger charge is 2.38. The van der Waals surface area contributed by atoms with E-state index in [9.17, 15) is 4.79 Å². The van der Waals surface area contributed by atoms with Gasteiger partial charge in [0.15, 0.2) is 0 Å². The van der Waals surface area contributed by atoms with Crippen molar-refractivity contribution in [2.24, 2.45) is 0 Å². The number of nitrogens with zero attached hydrogens (tertiary/aromatic N) is 1. The first kappa shape index (κ1) is 12.6. The van der Waals surface area contributed by atoms with Crippen molar-refractivity contribution in [1.82, 2.24) is 10.2 Å². The Morgan fingerprint density at radius 3 is 3.12 bits per heavy atom. The molecule has 1 aliphatic heterocycles. The lowest BCUT2D eigenvalue weighted by Gasteiger charge is -2.35. The molecule has 0 aliphatic carbocycles. The van der Waals surface area contributed by atoms with Gasteiger partial charge in [0.05, 0.1) is 12.0 Å². The highest BCUT2D eigenvalue weighted by atomic mass is 32.1. The molecule has 17 heavy (non-hydrogen) atoms. The Morgan fingerprint density at radius 1 is 1.65 bits per heavy atom. The molecule has 1 unspecified atom stereocenters. The summed E-state index contributed by atoms with van der Waals surface area (Å²) in [7, 11) is 1.95. The lowest BCUT2D eigenvalue weighted by atomic mass is 9.98. The van der Waals surface area contributed by atoms with Crippen LogP contribution >= 0.6 is 11.3 Å². The van der Waals surface area contributed by atoms with E-state index in [0.717, 1.165) is 30.8 Å². The van der Waals surface area contributed by atoms with Gasteiger partial charge in [0.2, 0.25) is 5.91 Å². The van der Waals surface area contributed by atoms with Crippen LogP contribution < -0.4 is 5.32 Å². The summed E-state index contributed by atoms with van der Waals surface area (Å²) >= 11 is 1.66. The molecule has 94 valence electrons. The van der Waals surface area contributed by atoms with E-state index in [-0.39, 0.29) is 11.4 Å². The number of amides is 1. The smallest absolute Gasteiger partial charge is 0.228 e. The van der Waals surface area contributed by atoms with E-state index < -0.39 is 0 Å². The van der Waals surface area contributed by atoms with E-state index in [0.29, 0.717) is 6.42 Å². The number of carbonyl (C=O) groups is 1. The third kappa shape index (κ3) is 2.69. The number of rotatable bonds is 4. The van der Waals surface area contributed by atoms with Crippen molar-refractivity contribution in [2.45, 2.75) is 31.7 Å². The van der Waals surface area contributed by atoms with Crippen molar-refractivity contribution in [3.8, 4) is 0 Å². The number of hydrogen-bond donors (Lipinski definition) is 1. The molecule has 0 radical (unpaired) electrons. The van der Waals surface area contributed by atoms with Gasteiger partial charge in [0.1, 0.15) is 0 Å². The Kier molecular flexibility index (Phi) is 3.84. The molecular formula is C13H20N2OS. The standard InChI is InChI=1S/C13H20N2OS/c1-13(10-14-2)6-4-7-15(13)12(16)9-11-5-3-8-17-11/h3,5,8,14H,4,6-7,9-10H2,1-2H3. The van der Waals surface area contributed by atoms with E-state index in [1.807, 2.05) is 24.6 Å². The van der Waals surface area contributed by atoms with Crippen LogP contribution in [-0.2, 0) is 11.2 Å². The number of carbonyl (C=O) groups excluding carboxylic acids is 1. The molecular weight excluding hydrogens is 232 g/mol. The highest BCUT2D eigenvalue weighted by molar-refractivity contribution is 7.10. The maximum absolute atomic E-state index is 12.3. The first-order valence-electron chi connectivity index (χ1n) is 6.13. The molecule has 1 atom stereocenters. The molecule has 1 aliphatic rings. The third-order valence-corrected chi connectivity index (χ3v) is 4.39. The van der Waals surface area contributed by atoms with Gasteiger partial charge in [-0.1, -0.05) is 6.07 Å². The normalized spacial score (nSPS) is 24.2. The zero-order chi connectivity index (χ0) is 12.3. The number of hydrogen-bond acceptors (Lipinski definition) is 3. The van der Waals surface area contributed by atoms with Gasteiger partial charge in [-0.15, -0.1) is 11.3 Å². The first-order valence-corrected chi connectivity index (χ1v) is 7.01. The van der Waals surface area contributed by atoms with Crippen LogP contribution in [0.1, 0.15) is 24.6 Å². The molecule has 1 aromatic heterocycles. The van der Waals surface area contributed by atoms with E-state index >= 15 is 0 Å². The van der Waals surface area contributed by atoms with Gasteiger partial charge in [0, 0.05) is 18.0 Å². The minimum absolute atomic E-state index is 0.00307. The molecule has 0 spiro atoms. The average molecular weight is 252 g/mol. The molecule has 2 rings (SSSR count). The fourth-order valence-electron chi connectivity index (χ4n) is 2.67. The maximum atomic E-state index is 12.3. The van der Waals surface area contributed by atoms with Crippen LogP contribution in [0.3, 0.4) is 0 Å². The van der Waals surface area contributed by atoms with E-state index in [2.05, 4.69) is 17.1 Å². The fourth-order valence-corrected chi connectivity index (χ4v) is 3.37. The Morgan fingerprint density at radius 2 is 2.47 bits per heavy atom. The largest absolute Gasteiger partial charge is 0.336 e. The van der Waals surface area contributed by atoms with Crippen LogP contribution in [0.15, 0.2) is 17.5 Å². The second-order valence-electron chi connectivity index (χ2n) is 4.93. The SMILES string of the molecule is CNCC1(C)CCCN1C(=O)Cc1cccs1. The number of likely N-dealkylation sites (tertiary alicyclic amines) is 1. The lowest BCUT2D eigenvalue weighted by molar-refractivity contribution is -0.133. The van der Waals surface area contributed by atoms with Gasteiger partial charge >= 0.3 is 0 Å². The molecule has 1 aromatic rings. The van der Waals surface area contributed by atoms with Crippen LogP contribution in [0.25, 0.3) is 0 Å². The van der Waals surface area contributed by atoms with Gasteiger partial charge in [-0.05, 0) is 38.3 Å². The minimum atomic E-state index is 0.00307. The molecule has 1 N–H and O–H groups in total. The second-order valence-corrected chi connectivity index (χ2v) is 5.96. The van der Waals surface area contributed by atoms with Gasteiger partial charge in [-0.2, -0.15) is 0 Å². The Labute approximate surface area is 107 Å². The predicted octanol–water partition coefficient (Wildman–Crippen LogP) is 1.89. The van der Waals surface area contributed by atoms with Gasteiger partial charge in [-0.3, -0.25) is 4.79 Å². The fraction of sp³-hybridized carbons (Fsp3) is 0.615. The van der Waals surface area contributed by atoms with Crippen molar-refractivity contribution in [2.75, 3.05) is 20.1 Å². The summed E-state index contributed by atoms with van der Waals surface area (Å²) in [6.45, 7) is 3.97. The summed E-state index contributed by atoms with van der Waals surface area (Å²) in [4.78, 5) is 15.5. The number of likely N-dealkylation sites (N-methyl/N-ethyl adjacent to an activating group) is 1. The van der Waals surface area contributed by atoms with Crippen LogP contribution in [0, 0.1) is 0 Å². The van der Waals surface area contributed by atoms with E-state index in [1.165, 1.54) is 0 Å². The van der Waals surface area contributed by atoms with Gasteiger partial charge in [0.25, 0.3) is 0 Å². The molecule has 0 aromatic carbocycles. The average Bonchev–Trinajstić information content (AvgIpc) is 2.88. The summed E-state index contributed by atoms with van der Waals surface area (Å²) in [6.07, 6.45) is 2.77. The summed E-state index contributed by atoms with van der Waals surface area (Å²) in [5.74, 6) is 0.266. The van der Waals surface area contributed by atoms with Crippen molar-refractivity contribution in [3.05, 3.63) is 22.4 Å². The molecule has 2 heterocycles. The monoisotopic (exact) mass is 252 g/mol. The van der Waals surface area contributed by atoms with Crippen LogP contribution in [0.4, 0.5) is 0 Å². The van der Waals surface area contributed by atoms with Crippen molar-refractivity contribution in [1.29, 1.82) is 0 Å². The molecule has 0 saturated carbocycles. The highest BCUT2D eigenvalue weighted by Crippen LogP contribution is 2.29. The molecule has 1 amide bonds. The van der Waals surface area contributed by atoms with Crippen molar-refractivity contribution >= 4 is 17.2 Å². The van der Waals surface area contributed by atoms with E-state index in [1.54, 1.807) is 11.3 Å². The Balaban J connectivity index is 2.03. The van der Waals surface area contributed by atoms with Crippen molar-refractivity contribution < 1.29 is 4.79 Å². The van der Waals surface area contributed by atoms with Crippen LogP contribution in [-0.4, -0.2) is 36.5 Å². The van der Waals surface area contributed by atoms with Crippen LogP contribution in [0.2, 0.25) is 0 Å². The third-order valence-electron chi connectivity index (χ3n) is 3.51. The summed E-state index contributed by atoms with van der Waals surface area (Å²) in [6, 6.07) is 4.04. The first-order chi connectivity index (χ1) is 8.15. The van der Waals surface area contributed by atoms with Gasteiger partial charge in [-0.25, -0.2) is 0 Å². The zero-order valence-electron chi connectivity index (χ0n) is 10.5. The number of thiophene rings is 1. The summed E-state index contributed by atoms with van der Waals surface area (Å²) < 4.78 is 0. The quantitative estimate of drug-likeness (QED) is 0.887. The second kappa shape index (κ2) is 5.19. The van der Waals surface area contributed by atoms with Crippen molar-refractivity contribution in [3.63, 3.8) is 0 Å². The number of nitrogens with one attached hydrogen (secondary N) is 1. The zero-order valence-corrected chi connectivity index (χ0v) is 11.3. The molecule has 4 heteroatoms. The molecule has 0 bridgehead atoms. The minimum Gasteiger partial charge on any atom is -0.336 e. The Bertz CT molecular complexity index is 377. The summed E-state index contributed by atoms with van der Waals surface area (Å²) in [5, 5.41) is 5.23. The summed E-state index contributed by atoms with van der Waals surface area (Å²) in [5.41, 5.74) is 0.00307. The molecule has 1 saturated heterocycles.